The zero-order valence-electron chi connectivity index (χ0n) is 13.8. The lowest BCUT2D eigenvalue weighted by Crippen LogP contribution is -2.36. The molecule has 1 atom stereocenters. The van der Waals surface area contributed by atoms with E-state index >= 15 is 0 Å². The van der Waals surface area contributed by atoms with Crippen LogP contribution in [0.2, 0.25) is 0 Å². The molecule has 1 aliphatic rings. The minimum Gasteiger partial charge on any atom is -0.353 e. The molecule has 0 aliphatic heterocycles. The summed E-state index contributed by atoms with van der Waals surface area (Å²) in [4.78, 5) is 16.8. The second kappa shape index (κ2) is 6.86. The summed E-state index contributed by atoms with van der Waals surface area (Å²) in [6.07, 6.45) is 5.07. The second-order valence-electron chi connectivity index (χ2n) is 6.30. The Hall–Kier alpha value is -0.970. The van der Waals surface area contributed by atoms with Crippen molar-refractivity contribution < 1.29 is 4.79 Å². The number of hydrogen-bond donors (Lipinski definition) is 1. The molecule has 1 heterocycles. The van der Waals surface area contributed by atoms with Gasteiger partial charge in [0.15, 0.2) is 5.16 Å². The Morgan fingerprint density at radius 1 is 1.29 bits per heavy atom. The van der Waals surface area contributed by atoms with Crippen LogP contribution in [0.25, 0.3) is 0 Å². The number of carbonyl (C=O) groups is 1. The van der Waals surface area contributed by atoms with Crippen molar-refractivity contribution in [2.45, 2.75) is 82.8 Å². The first-order valence-corrected chi connectivity index (χ1v) is 8.80. The summed E-state index contributed by atoms with van der Waals surface area (Å²) in [6.45, 7) is 10.1. The van der Waals surface area contributed by atoms with Gasteiger partial charge < -0.3 is 9.88 Å². The van der Waals surface area contributed by atoms with Crippen LogP contribution < -0.4 is 5.32 Å². The fraction of sp³-hybridized carbons (Fsp3) is 0.750. The molecule has 0 radical (unpaired) electrons. The predicted molar refractivity (Wildman–Crippen MR) is 87.8 cm³/mol. The Bertz CT molecular complexity index is 504. The number of rotatable bonds is 5. The molecule has 1 fully saturated rings. The fourth-order valence-corrected chi connectivity index (χ4v) is 3.97. The molecular formula is C16H27N3OS. The third-order valence-corrected chi connectivity index (χ3v) is 5.19. The maximum absolute atomic E-state index is 12.1. The van der Waals surface area contributed by atoms with Crippen LogP contribution in [0.4, 0.5) is 0 Å². The van der Waals surface area contributed by atoms with Crippen molar-refractivity contribution in [3.8, 4) is 0 Å². The van der Waals surface area contributed by atoms with E-state index in [2.05, 4.69) is 23.7 Å². The number of nitrogens with one attached hydrogen (secondary N) is 1. The van der Waals surface area contributed by atoms with Crippen LogP contribution in [0.1, 0.15) is 63.9 Å². The lowest BCUT2D eigenvalue weighted by atomic mass is 10.2. The minimum absolute atomic E-state index is 0.0891. The summed E-state index contributed by atoms with van der Waals surface area (Å²) < 4.78 is 2.37. The summed E-state index contributed by atoms with van der Waals surface area (Å²) in [5.74, 6) is 0.0891. The Kier molecular flexibility index (Phi) is 5.36. The standard InChI is InChI=1S/C16H27N3OS/c1-10(2)17-15(20)13(5)21-16-18-11(3)12(4)19(16)14-8-6-7-9-14/h10,13-14H,6-9H2,1-5H3,(H,17,20). The van der Waals surface area contributed by atoms with Crippen LogP contribution in [0.3, 0.4) is 0 Å². The number of carbonyl (C=O) groups excluding carboxylic acids is 1. The molecule has 1 aromatic heterocycles. The summed E-state index contributed by atoms with van der Waals surface area (Å²) in [6, 6.07) is 0.743. The highest BCUT2D eigenvalue weighted by molar-refractivity contribution is 8.00. The summed E-state index contributed by atoms with van der Waals surface area (Å²) in [7, 11) is 0. The summed E-state index contributed by atoms with van der Waals surface area (Å²) in [5.41, 5.74) is 2.33. The molecule has 1 N–H and O–H groups in total. The Morgan fingerprint density at radius 3 is 2.48 bits per heavy atom. The van der Waals surface area contributed by atoms with Gasteiger partial charge in [0.25, 0.3) is 0 Å². The first kappa shape index (κ1) is 16.4. The number of hydrogen-bond acceptors (Lipinski definition) is 3. The van der Waals surface area contributed by atoms with E-state index < -0.39 is 0 Å². The molecule has 0 spiro atoms. The Labute approximate surface area is 132 Å². The third-order valence-electron chi connectivity index (χ3n) is 4.13. The van der Waals surface area contributed by atoms with E-state index in [1.165, 1.54) is 31.4 Å². The van der Waals surface area contributed by atoms with E-state index in [9.17, 15) is 4.79 Å². The minimum atomic E-state index is -0.117. The largest absolute Gasteiger partial charge is 0.353 e. The molecule has 0 saturated heterocycles. The van der Waals surface area contributed by atoms with E-state index in [1.807, 2.05) is 20.8 Å². The lowest BCUT2D eigenvalue weighted by Gasteiger charge is -2.19. The number of thioether (sulfide) groups is 1. The van der Waals surface area contributed by atoms with E-state index in [-0.39, 0.29) is 17.2 Å². The Balaban J connectivity index is 2.16. The van der Waals surface area contributed by atoms with Gasteiger partial charge in [0.2, 0.25) is 5.91 Å². The molecule has 2 rings (SSSR count). The molecular weight excluding hydrogens is 282 g/mol. The van der Waals surface area contributed by atoms with Crippen molar-refractivity contribution in [1.29, 1.82) is 0 Å². The monoisotopic (exact) mass is 309 g/mol. The van der Waals surface area contributed by atoms with Crippen molar-refractivity contribution in [2.24, 2.45) is 0 Å². The van der Waals surface area contributed by atoms with Gasteiger partial charge in [0.1, 0.15) is 0 Å². The van der Waals surface area contributed by atoms with Crippen LogP contribution >= 0.6 is 11.8 Å². The molecule has 0 aromatic carbocycles. The average molecular weight is 309 g/mol. The smallest absolute Gasteiger partial charge is 0.233 e. The molecule has 1 aromatic rings. The molecule has 1 aliphatic carbocycles. The quantitative estimate of drug-likeness (QED) is 0.845. The maximum atomic E-state index is 12.1. The molecule has 1 saturated carbocycles. The van der Waals surface area contributed by atoms with Crippen molar-refractivity contribution in [3.05, 3.63) is 11.4 Å². The lowest BCUT2D eigenvalue weighted by molar-refractivity contribution is -0.120. The van der Waals surface area contributed by atoms with Crippen LogP contribution in [0.5, 0.6) is 0 Å². The summed E-state index contributed by atoms with van der Waals surface area (Å²) >= 11 is 1.58. The molecule has 0 bridgehead atoms. The first-order chi connectivity index (χ1) is 9.90. The van der Waals surface area contributed by atoms with Crippen molar-refractivity contribution in [3.63, 3.8) is 0 Å². The van der Waals surface area contributed by atoms with Crippen LogP contribution in [0.15, 0.2) is 5.16 Å². The predicted octanol–water partition coefficient (Wildman–Crippen LogP) is 3.62. The first-order valence-electron chi connectivity index (χ1n) is 7.92. The van der Waals surface area contributed by atoms with E-state index in [0.717, 1.165) is 10.9 Å². The zero-order chi connectivity index (χ0) is 15.6. The normalized spacial score (nSPS) is 17.4. The van der Waals surface area contributed by atoms with Gasteiger partial charge >= 0.3 is 0 Å². The number of aromatic nitrogens is 2. The van der Waals surface area contributed by atoms with Gasteiger partial charge in [-0.1, -0.05) is 24.6 Å². The van der Waals surface area contributed by atoms with Gasteiger partial charge in [0.05, 0.1) is 10.9 Å². The van der Waals surface area contributed by atoms with Crippen molar-refractivity contribution >= 4 is 17.7 Å². The highest BCUT2D eigenvalue weighted by atomic mass is 32.2. The topological polar surface area (TPSA) is 46.9 Å². The molecule has 4 nitrogen and oxygen atoms in total. The highest BCUT2D eigenvalue weighted by Gasteiger charge is 2.25. The van der Waals surface area contributed by atoms with Gasteiger partial charge in [-0.05, 0) is 47.5 Å². The molecule has 5 heteroatoms. The number of nitrogens with zero attached hydrogens (tertiary/aromatic N) is 2. The SMILES string of the molecule is Cc1nc(SC(C)C(=O)NC(C)C)n(C2CCCC2)c1C. The maximum Gasteiger partial charge on any atom is 0.233 e. The van der Waals surface area contributed by atoms with E-state index in [1.54, 1.807) is 11.8 Å². The van der Waals surface area contributed by atoms with Crippen LogP contribution in [-0.2, 0) is 4.79 Å². The highest BCUT2D eigenvalue weighted by Crippen LogP contribution is 2.36. The van der Waals surface area contributed by atoms with Crippen LogP contribution in [-0.4, -0.2) is 26.8 Å². The number of aryl methyl sites for hydroxylation is 1. The van der Waals surface area contributed by atoms with Crippen molar-refractivity contribution in [2.75, 3.05) is 0 Å². The average Bonchev–Trinajstić information content (AvgIpc) is 2.98. The summed E-state index contributed by atoms with van der Waals surface area (Å²) in [5, 5.41) is 3.86. The van der Waals surface area contributed by atoms with Crippen molar-refractivity contribution in [1.82, 2.24) is 14.9 Å². The second-order valence-corrected chi connectivity index (χ2v) is 7.60. The van der Waals surface area contributed by atoms with Crippen LogP contribution in [0, 0.1) is 13.8 Å². The van der Waals surface area contributed by atoms with Gasteiger partial charge in [-0.15, -0.1) is 0 Å². The number of amides is 1. The van der Waals surface area contributed by atoms with Gasteiger partial charge in [0, 0.05) is 17.8 Å². The molecule has 1 unspecified atom stereocenters. The Morgan fingerprint density at radius 2 is 1.90 bits per heavy atom. The van der Waals surface area contributed by atoms with Gasteiger partial charge in [-0.25, -0.2) is 4.98 Å². The molecule has 118 valence electrons. The third kappa shape index (κ3) is 3.82. The van der Waals surface area contributed by atoms with Gasteiger partial charge in [-0.3, -0.25) is 4.79 Å². The zero-order valence-corrected chi connectivity index (χ0v) is 14.6. The molecule has 1 amide bonds. The fourth-order valence-electron chi connectivity index (χ4n) is 2.89. The number of imidazole rings is 1. The van der Waals surface area contributed by atoms with E-state index in [0.29, 0.717) is 6.04 Å². The van der Waals surface area contributed by atoms with Gasteiger partial charge in [-0.2, -0.15) is 0 Å². The molecule has 21 heavy (non-hydrogen) atoms. The van der Waals surface area contributed by atoms with E-state index in [4.69, 9.17) is 4.98 Å².